The van der Waals surface area contributed by atoms with E-state index in [1.54, 1.807) is 0 Å². The molecule has 0 bridgehead atoms. The van der Waals surface area contributed by atoms with Crippen LogP contribution in [0.1, 0.15) is 28.7 Å². The number of rotatable bonds is 6. The van der Waals surface area contributed by atoms with Gasteiger partial charge in [-0.2, -0.15) is 0 Å². The largest absolute Gasteiger partial charge is 0.312 e. The van der Waals surface area contributed by atoms with E-state index in [0.717, 1.165) is 25.6 Å². The smallest absolute Gasteiger partial charge is 0.200 e. The highest BCUT2D eigenvalue weighted by Gasteiger charge is 2.34. The van der Waals surface area contributed by atoms with Gasteiger partial charge in [-0.1, -0.05) is 30.4 Å². The Morgan fingerprint density at radius 2 is 1.48 bits per heavy atom. The molecule has 0 aromatic heterocycles. The number of nitrogens with one attached hydrogen (secondary N) is 1. The van der Waals surface area contributed by atoms with Crippen LogP contribution >= 0.6 is 0 Å². The van der Waals surface area contributed by atoms with Gasteiger partial charge in [0.15, 0.2) is 23.3 Å². The number of benzene rings is 2. The van der Waals surface area contributed by atoms with Crippen molar-refractivity contribution in [2.24, 2.45) is 11.8 Å². The van der Waals surface area contributed by atoms with Crippen LogP contribution in [0.4, 0.5) is 22.0 Å². The van der Waals surface area contributed by atoms with Gasteiger partial charge in [0.1, 0.15) is 0 Å². The van der Waals surface area contributed by atoms with Crippen molar-refractivity contribution in [2.75, 3.05) is 6.54 Å². The third kappa shape index (κ3) is 4.05. The third-order valence-corrected chi connectivity index (χ3v) is 5.08. The predicted octanol–water partition coefficient (Wildman–Crippen LogP) is 5.44. The van der Waals surface area contributed by atoms with Gasteiger partial charge in [0.2, 0.25) is 5.82 Å². The molecule has 2 atom stereocenters. The minimum Gasteiger partial charge on any atom is -0.312 e. The van der Waals surface area contributed by atoms with Gasteiger partial charge < -0.3 is 5.32 Å². The lowest BCUT2D eigenvalue weighted by molar-refractivity contribution is 0.377. The maximum atomic E-state index is 13.7. The van der Waals surface area contributed by atoms with E-state index in [1.807, 2.05) is 6.07 Å². The van der Waals surface area contributed by atoms with Crippen LogP contribution in [0.15, 0.2) is 24.3 Å². The van der Waals surface area contributed by atoms with E-state index in [2.05, 4.69) is 31.3 Å². The molecule has 0 amide bonds. The average Bonchev–Trinajstić information content (AvgIpc) is 3.39. The fraction of sp³-hybridized carbons (Fsp3) is 0.333. The summed E-state index contributed by atoms with van der Waals surface area (Å²) in [6.45, 7) is 5.55. The van der Waals surface area contributed by atoms with Crippen LogP contribution in [0.25, 0.3) is 6.08 Å². The van der Waals surface area contributed by atoms with Crippen molar-refractivity contribution in [1.82, 2.24) is 5.32 Å². The molecule has 2 aromatic rings. The summed E-state index contributed by atoms with van der Waals surface area (Å²) in [5, 5.41) is 3.37. The van der Waals surface area contributed by atoms with E-state index in [0.29, 0.717) is 0 Å². The molecule has 0 aliphatic heterocycles. The molecular weight excluding hydrogens is 361 g/mol. The fourth-order valence-corrected chi connectivity index (χ4v) is 3.24. The van der Waals surface area contributed by atoms with Crippen LogP contribution in [0.2, 0.25) is 0 Å². The molecule has 0 saturated heterocycles. The zero-order valence-electron chi connectivity index (χ0n) is 15.1. The van der Waals surface area contributed by atoms with E-state index in [-0.39, 0.29) is 11.8 Å². The molecule has 1 saturated carbocycles. The molecule has 1 aliphatic rings. The highest BCUT2D eigenvalue weighted by atomic mass is 19.2. The van der Waals surface area contributed by atoms with Gasteiger partial charge in [-0.3, -0.25) is 0 Å². The number of aryl methyl sites for hydroxylation is 2. The van der Waals surface area contributed by atoms with Gasteiger partial charge in [0.05, 0.1) is 5.56 Å². The predicted molar refractivity (Wildman–Crippen MR) is 94.5 cm³/mol. The van der Waals surface area contributed by atoms with E-state index in [4.69, 9.17) is 0 Å². The molecule has 27 heavy (non-hydrogen) atoms. The Morgan fingerprint density at radius 3 is 2.07 bits per heavy atom. The molecule has 0 radical (unpaired) electrons. The van der Waals surface area contributed by atoms with E-state index in [9.17, 15) is 22.0 Å². The van der Waals surface area contributed by atoms with Crippen molar-refractivity contribution >= 4 is 6.08 Å². The number of allylic oxidation sites excluding steroid dienone is 1. The number of hydrogen-bond acceptors (Lipinski definition) is 1. The minimum absolute atomic E-state index is 0.0606. The standard InChI is InChI=1S/C21H20F5N/c1-11-4-3-5-12(2)16(11)10-27-9-14-8-13(14)6-7-15-17(22)19(24)21(26)20(25)18(15)23/h3-7,13-14,27H,8-10H2,1-2H3/b7-6+/t13-,14-/m0/s1. The monoisotopic (exact) mass is 381 g/mol. The first-order valence-electron chi connectivity index (χ1n) is 8.76. The van der Waals surface area contributed by atoms with Crippen molar-refractivity contribution in [3.05, 3.63) is 75.6 Å². The molecule has 0 heterocycles. The van der Waals surface area contributed by atoms with Gasteiger partial charge in [-0.05, 0) is 55.3 Å². The fourth-order valence-electron chi connectivity index (χ4n) is 3.24. The molecule has 0 unspecified atom stereocenters. The van der Waals surface area contributed by atoms with Gasteiger partial charge in [-0.15, -0.1) is 0 Å². The van der Waals surface area contributed by atoms with Crippen LogP contribution in [0.5, 0.6) is 0 Å². The molecule has 1 fully saturated rings. The molecule has 0 spiro atoms. The topological polar surface area (TPSA) is 12.0 Å². The summed E-state index contributed by atoms with van der Waals surface area (Å²) in [4.78, 5) is 0. The Morgan fingerprint density at radius 1 is 0.926 bits per heavy atom. The summed E-state index contributed by atoms with van der Waals surface area (Å²) in [6, 6.07) is 6.11. The summed E-state index contributed by atoms with van der Waals surface area (Å²) in [5.74, 6) is -9.23. The second-order valence-corrected chi connectivity index (χ2v) is 7.00. The van der Waals surface area contributed by atoms with Gasteiger partial charge in [0.25, 0.3) is 0 Å². The zero-order valence-corrected chi connectivity index (χ0v) is 15.1. The van der Waals surface area contributed by atoms with E-state index >= 15 is 0 Å². The summed E-state index contributed by atoms with van der Waals surface area (Å²) >= 11 is 0. The maximum absolute atomic E-state index is 13.7. The second-order valence-electron chi connectivity index (χ2n) is 7.00. The molecule has 3 rings (SSSR count). The van der Waals surface area contributed by atoms with Gasteiger partial charge >= 0.3 is 0 Å². The van der Waals surface area contributed by atoms with Crippen LogP contribution in [-0.4, -0.2) is 6.54 Å². The highest BCUT2D eigenvalue weighted by Crippen LogP contribution is 2.40. The highest BCUT2D eigenvalue weighted by molar-refractivity contribution is 5.52. The SMILES string of the molecule is Cc1cccc(C)c1CNC[C@@H]1C[C@@H]1/C=C/c1c(F)c(F)c(F)c(F)c1F. The van der Waals surface area contributed by atoms with Crippen molar-refractivity contribution < 1.29 is 22.0 Å². The summed E-state index contributed by atoms with van der Waals surface area (Å²) in [6.07, 6.45) is 3.32. The normalized spacial score (nSPS) is 19.1. The second kappa shape index (κ2) is 7.80. The van der Waals surface area contributed by atoms with Crippen molar-refractivity contribution in [2.45, 2.75) is 26.8 Å². The molecule has 2 aromatic carbocycles. The Bertz CT molecular complexity index is 841. The Labute approximate surface area is 154 Å². The number of halogens is 5. The van der Waals surface area contributed by atoms with Crippen LogP contribution in [-0.2, 0) is 6.54 Å². The van der Waals surface area contributed by atoms with Crippen LogP contribution in [0.3, 0.4) is 0 Å². The van der Waals surface area contributed by atoms with Crippen molar-refractivity contribution in [1.29, 1.82) is 0 Å². The summed E-state index contributed by atoms with van der Waals surface area (Å²) < 4.78 is 66.8. The molecule has 1 nitrogen and oxygen atoms in total. The summed E-state index contributed by atoms with van der Waals surface area (Å²) in [7, 11) is 0. The molecule has 1 N–H and O–H groups in total. The van der Waals surface area contributed by atoms with Crippen LogP contribution < -0.4 is 5.32 Å². The van der Waals surface area contributed by atoms with Gasteiger partial charge in [0, 0.05) is 6.54 Å². The van der Waals surface area contributed by atoms with Crippen molar-refractivity contribution in [3.8, 4) is 0 Å². The first-order chi connectivity index (χ1) is 12.8. The first kappa shape index (κ1) is 19.5. The Hall–Kier alpha value is -2.21. The van der Waals surface area contributed by atoms with E-state index < -0.39 is 34.6 Å². The molecular formula is C21H20F5N. The minimum atomic E-state index is -2.14. The zero-order chi connectivity index (χ0) is 19.7. The Balaban J connectivity index is 1.58. The number of hydrogen-bond donors (Lipinski definition) is 1. The van der Waals surface area contributed by atoms with Crippen LogP contribution in [0, 0.1) is 54.8 Å². The lowest BCUT2D eigenvalue weighted by Gasteiger charge is -2.10. The van der Waals surface area contributed by atoms with E-state index in [1.165, 1.54) is 22.8 Å². The quantitative estimate of drug-likeness (QED) is 0.399. The average molecular weight is 381 g/mol. The lowest BCUT2D eigenvalue weighted by atomic mass is 10.0. The van der Waals surface area contributed by atoms with Gasteiger partial charge in [-0.25, -0.2) is 22.0 Å². The van der Waals surface area contributed by atoms with Crippen molar-refractivity contribution in [3.63, 3.8) is 0 Å². The summed E-state index contributed by atoms with van der Waals surface area (Å²) in [5.41, 5.74) is 2.77. The first-order valence-corrected chi connectivity index (χ1v) is 8.76. The molecule has 144 valence electrons. The maximum Gasteiger partial charge on any atom is 0.200 e. The molecule has 1 aliphatic carbocycles. The third-order valence-electron chi connectivity index (χ3n) is 5.08. The Kier molecular flexibility index (Phi) is 5.65. The molecule has 6 heteroatoms. The lowest BCUT2D eigenvalue weighted by Crippen LogP contribution is -2.18.